The second kappa shape index (κ2) is 8.45. The second-order valence-electron chi connectivity index (χ2n) is 5.47. The van der Waals surface area contributed by atoms with Crippen molar-refractivity contribution in [1.82, 2.24) is 10.3 Å². The van der Waals surface area contributed by atoms with E-state index in [9.17, 15) is 4.79 Å². The third-order valence-electron chi connectivity index (χ3n) is 3.70. The fourth-order valence-electron chi connectivity index (χ4n) is 2.46. The molecule has 0 saturated carbocycles. The van der Waals surface area contributed by atoms with E-state index in [1.54, 1.807) is 11.8 Å². The Balaban J connectivity index is 1.76. The Kier molecular flexibility index (Phi) is 6.25. The fourth-order valence-corrected chi connectivity index (χ4v) is 2.46. The zero-order valence-corrected chi connectivity index (χ0v) is 12.8. The summed E-state index contributed by atoms with van der Waals surface area (Å²) in [4.78, 5) is 16.1. The Hall–Kier alpha value is -1.84. The Labute approximate surface area is 127 Å². The largest absolute Gasteiger partial charge is 0.370 e. The second-order valence-corrected chi connectivity index (χ2v) is 5.47. The summed E-state index contributed by atoms with van der Waals surface area (Å²) in [6.45, 7) is 3.64. The molecule has 0 radical (unpaired) electrons. The van der Waals surface area contributed by atoms with Crippen LogP contribution in [0.2, 0.25) is 0 Å². The molecule has 2 rings (SSSR count). The molecule has 0 saturated heterocycles. The highest BCUT2D eigenvalue weighted by atomic mass is 16.1. The van der Waals surface area contributed by atoms with Crippen LogP contribution in [0, 0.1) is 0 Å². The SMILES string of the molecule is CCCNC(=O)c1ccc(NCCC2=CCCCC2)nc1. The summed E-state index contributed by atoms with van der Waals surface area (Å²) in [6, 6.07) is 3.69. The summed E-state index contributed by atoms with van der Waals surface area (Å²) in [5, 5.41) is 6.17. The standard InChI is InChI=1S/C17H25N3O/c1-2-11-19-17(21)15-8-9-16(20-13-15)18-12-10-14-6-4-3-5-7-14/h6,8-9,13H,2-5,7,10-12H2,1H3,(H,18,20)(H,19,21). The van der Waals surface area contributed by atoms with Gasteiger partial charge in [-0.1, -0.05) is 18.6 Å². The average Bonchev–Trinajstić information content (AvgIpc) is 2.54. The van der Waals surface area contributed by atoms with Gasteiger partial charge in [0.1, 0.15) is 5.82 Å². The van der Waals surface area contributed by atoms with Crippen molar-refractivity contribution in [3.63, 3.8) is 0 Å². The number of anilines is 1. The minimum Gasteiger partial charge on any atom is -0.370 e. The van der Waals surface area contributed by atoms with Gasteiger partial charge in [-0.3, -0.25) is 4.79 Å². The molecule has 0 bridgehead atoms. The maximum Gasteiger partial charge on any atom is 0.252 e. The van der Waals surface area contributed by atoms with Crippen molar-refractivity contribution in [2.75, 3.05) is 18.4 Å². The van der Waals surface area contributed by atoms with Gasteiger partial charge in [0.15, 0.2) is 0 Å². The molecule has 1 aliphatic carbocycles. The molecule has 0 aromatic carbocycles. The molecule has 21 heavy (non-hydrogen) atoms. The van der Waals surface area contributed by atoms with Gasteiger partial charge in [0, 0.05) is 19.3 Å². The minimum absolute atomic E-state index is 0.0525. The number of amides is 1. The number of rotatable bonds is 7. The zero-order chi connectivity index (χ0) is 14.9. The summed E-state index contributed by atoms with van der Waals surface area (Å²) >= 11 is 0. The Morgan fingerprint density at radius 2 is 2.19 bits per heavy atom. The first kappa shape index (κ1) is 15.5. The first-order valence-electron chi connectivity index (χ1n) is 7.95. The van der Waals surface area contributed by atoms with E-state index in [4.69, 9.17) is 0 Å². The molecule has 4 nitrogen and oxygen atoms in total. The minimum atomic E-state index is -0.0525. The molecule has 1 heterocycles. The van der Waals surface area contributed by atoms with E-state index < -0.39 is 0 Å². The highest BCUT2D eigenvalue weighted by Crippen LogP contribution is 2.19. The monoisotopic (exact) mass is 287 g/mol. The van der Waals surface area contributed by atoms with Gasteiger partial charge >= 0.3 is 0 Å². The van der Waals surface area contributed by atoms with Crippen molar-refractivity contribution >= 4 is 11.7 Å². The number of hydrogen-bond acceptors (Lipinski definition) is 3. The van der Waals surface area contributed by atoms with Crippen LogP contribution in [-0.4, -0.2) is 24.0 Å². The fraction of sp³-hybridized carbons (Fsp3) is 0.529. The van der Waals surface area contributed by atoms with Crippen LogP contribution in [0.15, 0.2) is 30.0 Å². The van der Waals surface area contributed by atoms with E-state index in [0.29, 0.717) is 12.1 Å². The normalized spacial score (nSPS) is 14.4. The summed E-state index contributed by atoms with van der Waals surface area (Å²) in [7, 11) is 0. The number of allylic oxidation sites excluding steroid dienone is 1. The van der Waals surface area contributed by atoms with Crippen molar-refractivity contribution in [3.8, 4) is 0 Å². The number of carbonyl (C=O) groups is 1. The number of aromatic nitrogens is 1. The number of pyridine rings is 1. The maximum absolute atomic E-state index is 11.8. The van der Waals surface area contributed by atoms with E-state index in [0.717, 1.165) is 25.2 Å². The molecule has 1 aromatic rings. The Morgan fingerprint density at radius 3 is 2.86 bits per heavy atom. The molecule has 2 N–H and O–H groups in total. The van der Waals surface area contributed by atoms with Gasteiger partial charge in [-0.05, 0) is 50.7 Å². The van der Waals surface area contributed by atoms with Crippen LogP contribution in [0.3, 0.4) is 0 Å². The summed E-state index contributed by atoms with van der Waals surface area (Å²) < 4.78 is 0. The smallest absolute Gasteiger partial charge is 0.252 e. The zero-order valence-electron chi connectivity index (χ0n) is 12.8. The van der Waals surface area contributed by atoms with E-state index in [1.165, 1.54) is 25.7 Å². The van der Waals surface area contributed by atoms with Crippen molar-refractivity contribution in [3.05, 3.63) is 35.5 Å². The van der Waals surface area contributed by atoms with Gasteiger partial charge < -0.3 is 10.6 Å². The number of carbonyl (C=O) groups excluding carboxylic acids is 1. The summed E-state index contributed by atoms with van der Waals surface area (Å²) in [5.41, 5.74) is 2.17. The highest BCUT2D eigenvalue weighted by molar-refractivity contribution is 5.93. The third kappa shape index (κ3) is 5.21. The molecular weight excluding hydrogens is 262 g/mol. The van der Waals surface area contributed by atoms with Gasteiger partial charge in [0.05, 0.1) is 5.56 Å². The molecule has 0 unspecified atom stereocenters. The van der Waals surface area contributed by atoms with E-state index >= 15 is 0 Å². The lowest BCUT2D eigenvalue weighted by Gasteiger charge is -2.13. The van der Waals surface area contributed by atoms with Gasteiger partial charge in [0.2, 0.25) is 0 Å². The van der Waals surface area contributed by atoms with Crippen molar-refractivity contribution in [2.24, 2.45) is 0 Å². The van der Waals surface area contributed by atoms with E-state index in [2.05, 4.69) is 21.7 Å². The van der Waals surface area contributed by atoms with Crippen LogP contribution >= 0.6 is 0 Å². The molecular formula is C17H25N3O. The molecule has 1 aromatic heterocycles. The molecule has 0 atom stereocenters. The lowest BCUT2D eigenvalue weighted by molar-refractivity contribution is 0.0953. The van der Waals surface area contributed by atoms with Crippen molar-refractivity contribution < 1.29 is 4.79 Å². The summed E-state index contributed by atoms with van der Waals surface area (Å²) in [5.74, 6) is 0.779. The van der Waals surface area contributed by atoms with Gasteiger partial charge in [-0.2, -0.15) is 0 Å². The predicted octanol–water partition coefficient (Wildman–Crippen LogP) is 3.52. The molecule has 0 aliphatic heterocycles. The molecule has 114 valence electrons. The Morgan fingerprint density at radius 1 is 1.29 bits per heavy atom. The third-order valence-corrected chi connectivity index (χ3v) is 3.70. The molecule has 0 spiro atoms. The highest BCUT2D eigenvalue weighted by Gasteiger charge is 2.06. The van der Waals surface area contributed by atoms with Crippen LogP contribution in [0.1, 0.15) is 55.8 Å². The van der Waals surface area contributed by atoms with Crippen LogP contribution in [0.4, 0.5) is 5.82 Å². The van der Waals surface area contributed by atoms with Crippen molar-refractivity contribution in [1.29, 1.82) is 0 Å². The number of nitrogens with one attached hydrogen (secondary N) is 2. The summed E-state index contributed by atoms with van der Waals surface area (Å²) in [6.07, 6.45) is 11.2. The first-order valence-corrected chi connectivity index (χ1v) is 7.95. The predicted molar refractivity (Wildman–Crippen MR) is 86.5 cm³/mol. The van der Waals surface area contributed by atoms with Crippen LogP contribution < -0.4 is 10.6 Å². The number of nitrogens with zero attached hydrogens (tertiary/aromatic N) is 1. The van der Waals surface area contributed by atoms with Gasteiger partial charge in [0.25, 0.3) is 5.91 Å². The molecule has 1 amide bonds. The quantitative estimate of drug-likeness (QED) is 0.754. The molecule has 0 fully saturated rings. The van der Waals surface area contributed by atoms with Crippen LogP contribution in [-0.2, 0) is 0 Å². The van der Waals surface area contributed by atoms with Crippen molar-refractivity contribution in [2.45, 2.75) is 45.4 Å². The number of hydrogen-bond donors (Lipinski definition) is 2. The lowest BCUT2D eigenvalue weighted by atomic mass is 9.97. The van der Waals surface area contributed by atoms with Crippen LogP contribution in [0.25, 0.3) is 0 Å². The molecule has 4 heteroatoms. The van der Waals surface area contributed by atoms with E-state index in [1.807, 2.05) is 19.1 Å². The maximum atomic E-state index is 11.8. The van der Waals surface area contributed by atoms with Gasteiger partial charge in [-0.25, -0.2) is 4.98 Å². The van der Waals surface area contributed by atoms with E-state index in [-0.39, 0.29) is 5.91 Å². The van der Waals surface area contributed by atoms with Crippen LogP contribution in [0.5, 0.6) is 0 Å². The topological polar surface area (TPSA) is 54.0 Å². The van der Waals surface area contributed by atoms with Gasteiger partial charge in [-0.15, -0.1) is 0 Å². The lowest BCUT2D eigenvalue weighted by Crippen LogP contribution is -2.24. The first-order chi connectivity index (χ1) is 10.3. The Bertz CT molecular complexity index is 479. The molecule has 1 aliphatic rings. The average molecular weight is 287 g/mol.